The molecule has 0 aliphatic carbocycles. The molecule has 4 rings (SSSR count). The van der Waals surface area contributed by atoms with Gasteiger partial charge < -0.3 is 10.5 Å². The van der Waals surface area contributed by atoms with Crippen molar-refractivity contribution >= 4 is 0 Å². The zero-order valence-electron chi connectivity index (χ0n) is 13.9. The number of para-hydroxylation sites is 1. The van der Waals surface area contributed by atoms with E-state index >= 15 is 0 Å². The number of halogens is 1. The van der Waals surface area contributed by atoms with E-state index in [0.29, 0.717) is 6.54 Å². The summed E-state index contributed by atoms with van der Waals surface area (Å²) in [5.74, 6) is 0.798. The summed E-state index contributed by atoms with van der Waals surface area (Å²) in [5.41, 5.74) is 8.83. The van der Waals surface area contributed by atoms with Gasteiger partial charge in [0.2, 0.25) is 0 Å². The predicted octanol–water partition coefficient (Wildman–Crippen LogP) is 4.23. The quantitative estimate of drug-likeness (QED) is 0.762. The third-order valence-corrected chi connectivity index (χ3v) is 4.10. The first-order chi connectivity index (χ1) is 12.3. The molecule has 1 aromatic heterocycles. The smallest absolute Gasteiger partial charge is 0.123 e. The van der Waals surface area contributed by atoms with Crippen molar-refractivity contribution < 1.29 is 9.13 Å². The molecular weight excluding hydrogens is 315 g/mol. The van der Waals surface area contributed by atoms with Crippen molar-refractivity contribution in [2.24, 2.45) is 5.73 Å². The minimum absolute atomic E-state index is 0.215. The lowest BCUT2D eigenvalue weighted by Gasteiger charge is -2.24. The average molecular weight is 336 g/mol. The SMILES string of the molecule is Fc1ccc(-c2cccnc2)cc1.NCC1CCc2ccccc2O1. The van der Waals surface area contributed by atoms with E-state index in [9.17, 15) is 4.39 Å². The summed E-state index contributed by atoms with van der Waals surface area (Å²) in [5, 5.41) is 0. The van der Waals surface area contributed by atoms with Crippen LogP contribution < -0.4 is 10.5 Å². The number of hydrogen-bond acceptors (Lipinski definition) is 3. The summed E-state index contributed by atoms with van der Waals surface area (Å²) in [6, 6.07) is 18.4. The predicted molar refractivity (Wildman–Crippen MR) is 97.9 cm³/mol. The molecule has 0 saturated heterocycles. The van der Waals surface area contributed by atoms with Crippen molar-refractivity contribution in [3.8, 4) is 16.9 Å². The molecule has 0 saturated carbocycles. The normalized spacial score (nSPS) is 15.4. The second-order valence-corrected chi connectivity index (χ2v) is 5.87. The van der Waals surface area contributed by atoms with Crippen LogP contribution in [0.1, 0.15) is 12.0 Å². The molecule has 0 spiro atoms. The van der Waals surface area contributed by atoms with Crippen molar-refractivity contribution in [2.45, 2.75) is 18.9 Å². The highest BCUT2D eigenvalue weighted by molar-refractivity contribution is 5.61. The van der Waals surface area contributed by atoms with Crippen molar-refractivity contribution in [3.63, 3.8) is 0 Å². The van der Waals surface area contributed by atoms with Gasteiger partial charge >= 0.3 is 0 Å². The van der Waals surface area contributed by atoms with E-state index < -0.39 is 0 Å². The Bertz CT molecular complexity index is 791. The largest absolute Gasteiger partial charge is 0.489 e. The Morgan fingerprint density at radius 2 is 1.80 bits per heavy atom. The van der Waals surface area contributed by atoms with Gasteiger partial charge in [-0.15, -0.1) is 0 Å². The van der Waals surface area contributed by atoms with Gasteiger partial charge in [0.15, 0.2) is 0 Å². The standard InChI is InChI=1S/C11H8FN.C10H13NO/c12-11-5-3-9(4-6-11)10-2-1-7-13-8-10;11-7-9-6-5-8-3-1-2-4-10(8)12-9/h1-8H;1-4,9H,5-7,11H2. The van der Waals surface area contributed by atoms with Crippen molar-refractivity contribution in [3.05, 3.63) is 84.4 Å². The van der Waals surface area contributed by atoms with E-state index in [-0.39, 0.29) is 11.9 Å². The number of nitrogens with zero attached hydrogens (tertiary/aromatic N) is 1. The molecule has 4 heteroatoms. The Morgan fingerprint density at radius 3 is 2.52 bits per heavy atom. The first-order valence-corrected chi connectivity index (χ1v) is 8.37. The van der Waals surface area contributed by atoms with Gasteiger partial charge in [-0.05, 0) is 53.8 Å². The van der Waals surface area contributed by atoms with Crippen LogP contribution in [0.2, 0.25) is 0 Å². The van der Waals surface area contributed by atoms with Crippen LogP contribution in [0.15, 0.2) is 73.1 Å². The van der Waals surface area contributed by atoms with Crippen LogP contribution in [0.4, 0.5) is 4.39 Å². The van der Waals surface area contributed by atoms with Crippen LogP contribution in [0.25, 0.3) is 11.1 Å². The van der Waals surface area contributed by atoms with Gasteiger partial charge in [-0.2, -0.15) is 0 Å². The summed E-state index contributed by atoms with van der Waals surface area (Å²) in [7, 11) is 0. The van der Waals surface area contributed by atoms with E-state index in [4.69, 9.17) is 10.5 Å². The van der Waals surface area contributed by atoms with E-state index in [1.165, 1.54) is 17.7 Å². The van der Waals surface area contributed by atoms with Crippen LogP contribution in [-0.2, 0) is 6.42 Å². The lowest BCUT2D eigenvalue weighted by Crippen LogP contribution is -2.30. The number of aryl methyl sites for hydroxylation is 1. The highest BCUT2D eigenvalue weighted by Crippen LogP contribution is 2.26. The molecular formula is C21H21FN2O. The maximum atomic E-state index is 12.6. The minimum atomic E-state index is -0.215. The third-order valence-electron chi connectivity index (χ3n) is 4.10. The molecule has 1 atom stereocenters. The molecule has 2 aromatic carbocycles. The van der Waals surface area contributed by atoms with E-state index in [1.54, 1.807) is 24.5 Å². The van der Waals surface area contributed by atoms with Gasteiger partial charge in [-0.3, -0.25) is 4.98 Å². The lowest BCUT2D eigenvalue weighted by molar-refractivity contribution is 0.181. The summed E-state index contributed by atoms with van der Waals surface area (Å²) in [6.07, 6.45) is 5.84. The zero-order valence-corrected chi connectivity index (χ0v) is 13.9. The second kappa shape index (κ2) is 8.40. The summed E-state index contributed by atoms with van der Waals surface area (Å²) in [4.78, 5) is 3.99. The fourth-order valence-corrected chi connectivity index (χ4v) is 2.72. The van der Waals surface area contributed by atoms with Crippen molar-refractivity contribution in [2.75, 3.05) is 6.54 Å². The van der Waals surface area contributed by atoms with Crippen molar-refractivity contribution in [1.82, 2.24) is 4.98 Å². The second-order valence-electron chi connectivity index (χ2n) is 5.87. The fourth-order valence-electron chi connectivity index (χ4n) is 2.72. The van der Waals surface area contributed by atoms with Gasteiger partial charge in [-0.25, -0.2) is 4.39 Å². The highest BCUT2D eigenvalue weighted by atomic mass is 19.1. The highest BCUT2D eigenvalue weighted by Gasteiger charge is 2.16. The number of pyridine rings is 1. The van der Waals surface area contributed by atoms with E-state index in [2.05, 4.69) is 11.1 Å². The summed E-state index contributed by atoms with van der Waals surface area (Å²) < 4.78 is 18.2. The first-order valence-electron chi connectivity index (χ1n) is 8.37. The van der Waals surface area contributed by atoms with Gasteiger partial charge in [0.25, 0.3) is 0 Å². The van der Waals surface area contributed by atoms with E-state index in [1.807, 2.05) is 30.3 Å². The Kier molecular flexibility index (Phi) is 5.75. The molecule has 1 aliphatic rings. The Labute approximate surface area is 147 Å². The van der Waals surface area contributed by atoms with Gasteiger partial charge in [0, 0.05) is 18.9 Å². The van der Waals surface area contributed by atoms with Gasteiger partial charge in [-0.1, -0.05) is 36.4 Å². The van der Waals surface area contributed by atoms with Crippen LogP contribution in [0.5, 0.6) is 5.75 Å². The molecule has 3 nitrogen and oxygen atoms in total. The number of benzene rings is 2. The van der Waals surface area contributed by atoms with Crippen molar-refractivity contribution in [1.29, 1.82) is 0 Å². The zero-order chi connectivity index (χ0) is 17.5. The maximum Gasteiger partial charge on any atom is 0.123 e. The minimum Gasteiger partial charge on any atom is -0.489 e. The molecule has 0 amide bonds. The number of nitrogens with two attached hydrogens (primary N) is 1. The molecule has 128 valence electrons. The molecule has 2 N–H and O–H groups in total. The van der Waals surface area contributed by atoms with Crippen LogP contribution >= 0.6 is 0 Å². The number of aromatic nitrogens is 1. The third kappa shape index (κ3) is 4.64. The molecule has 3 aromatic rings. The summed E-state index contributed by atoms with van der Waals surface area (Å²) in [6.45, 7) is 0.619. The monoisotopic (exact) mass is 336 g/mol. The average Bonchev–Trinajstić information content (AvgIpc) is 2.69. The van der Waals surface area contributed by atoms with E-state index in [0.717, 1.165) is 29.7 Å². The maximum absolute atomic E-state index is 12.6. The topological polar surface area (TPSA) is 48.1 Å². The number of hydrogen-bond donors (Lipinski definition) is 1. The first kappa shape index (κ1) is 17.1. The molecule has 1 aliphatic heterocycles. The van der Waals surface area contributed by atoms with Crippen LogP contribution in [0.3, 0.4) is 0 Å². The molecule has 0 radical (unpaired) electrons. The molecule has 1 unspecified atom stereocenters. The van der Waals surface area contributed by atoms with Crippen LogP contribution in [0, 0.1) is 5.82 Å². The number of ether oxygens (including phenoxy) is 1. The molecule has 2 heterocycles. The molecule has 0 fully saturated rings. The Balaban J connectivity index is 0.000000146. The molecule has 25 heavy (non-hydrogen) atoms. The Hall–Kier alpha value is -2.72. The number of fused-ring (bicyclic) bond motifs is 1. The van der Waals surface area contributed by atoms with Crippen LogP contribution in [-0.4, -0.2) is 17.6 Å². The Morgan fingerprint density at radius 1 is 1.00 bits per heavy atom. The fraction of sp³-hybridized carbons (Fsp3) is 0.190. The van der Waals surface area contributed by atoms with Gasteiger partial charge in [0.05, 0.1) is 0 Å². The number of rotatable bonds is 2. The summed E-state index contributed by atoms with van der Waals surface area (Å²) >= 11 is 0. The van der Waals surface area contributed by atoms with Gasteiger partial charge in [0.1, 0.15) is 17.7 Å². The lowest BCUT2D eigenvalue weighted by atomic mass is 10.0. The molecule has 0 bridgehead atoms.